The molecule has 0 bridgehead atoms. The minimum absolute atomic E-state index is 0.0194. The number of ether oxygens (including phenoxy) is 2. The van der Waals surface area contributed by atoms with Gasteiger partial charge in [0.1, 0.15) is 18.1 Å². The van der Waals surface area contributed by atoms with Crippen LogP contribution in [0.25, 0.3) is 11.1 Å². The molecule has 3 aromatic carbocycles. The molecule has 3 aromatic rings. The van der Waals surface area contributed by atoms with E-state index in [2.05, 4.69) is 36.8 Å². The molecular formula is C38H52BrClN6O4. The quantitative estimate of drug-likeness (QED) is 0.0646. The summed E-state index contributed by atoms with van der Waals surface area (Å²) < 4.78 is 13.1. The largest absolute Gasteiger partial charge is 0.487 e. The molecule has 1 unspecified atom stereocenters. The van der Waals surface area contributed by atoms with Crippen LogP contribution in [0.1, 0.15) is 49.3 Å². The van der Waals surface area contributed by atoms with Gasteiger partial charge in [0.2, 0.25) is 0 Å². The van der Waals surface area contributed by atoms with Crippen LogP contribution in [0.15, 0.2) is 53.0 Å². The van der Waals surface area contributed by atoms with Crippen molar-refractivity contribution in [2.45, 2.75) is 51.8 Å². The van der Waals surface area contributed by atoms with Crippen molar-refractivity contribution in [1.82, 2.24) is 20.4 Å². The fraction of sp³-hybridized carbons (Fsp3) is 0.474. The molecule has 1 fully saturated rings. The summed E-state index contributed by atoms with van der Waals surface area (Å²) in [7, 11) is 3.89. The highest BCUT2D eigenvalue weighted by Crippen LogP contribution is 2.37. The standard InChI is InChI=1S/C38H52BrClN6O4/c1-27(24-47)44-23-29-20-33(40)36(21-35(29)50-26-37(48)43-15-19-45(2)3)49-25-28-10-8-12-31(38(28)39)30-11-9-13-34(32(30)22-41)42-14-4-5-16-46-17-6-7-18-46/h8-13,20-22,27,41-42,44,47H,4-7,14-19,23-26H2,1-3H3,(H,43,48). The molecule has 1 atom stereocenters. The van der Waals surface area contributed by atoms with E-state index in [1.165, 1.54) is 32.1 Å². The van der Waals surface area contributed by atoms with Gasteiger partial charge in [-0.3, -0.25) is 4.79 Å². The highest BCUT2D eigenvalue weighted by molar-refractivity contribution is 9.10. The van der Waals surface area contributed by atoms with Gasteiger partial charge in [-0.25, -0.2) is 0 Å². The molecule has 50 heavy (non-hydrogen) atoms. The maximum Gasteiger partial charge on any atom is 0.257 e. The number of rotatable bonds is 21. The van der Waals surface area contributed by atoms with E-state index < -0.39 is 0 Å². The summed E-state index contributed by atoms with van der Waals surface area (Å²) in [4.78, 5) is 17.0. The maximum absolute atomic E-state index is 12.5. The first-order chi connectivity index (χ1) is 24.2. The number of hydrogen-bond acceptors (Lipinski definition) is 9. The molecule has 0 saturated carbocycles. The first-order valence-electron chi connectivity index (χ1n) is 17.4. The number of aliphatic hydroxyl groups is 1. The second-order valence-corrected chi connectivity index (χ2v) is 14.2. The van der Waals surface area contributed by atoms with Gasteiger partial charge < -0.3 is 45.7 Å². The second kappa shape index (κ2) is 20.6. The van der Waals surface area contributed by atoms with Crippen LogP contribution in [0.2, 0.25) is 5.02 Å². The first-order valence-corrected chi connectivity index (χ1v) is 18.6. The number of nitrogens with zero attached hydrogens (tertiary/aromatic N) is 2. The summed E-state index contributed by atoms with van der Waals surface area (Å²) in [5.41, 5.74) is 5.33. The Morgan fingerprint density at radius 1 is 1.06 bits per heavy atom. The summed E-state index contributed by atoms with van der Waals surface area (Å²) >= 11 is 10.5. The van der Waals surface area contributed by atoms with Crippen molar-refractivity contribution in [3.63, 3.8) is 0 Å². The summed E-state index contributed by atoms with van der Waals surface area (Å²) in [6.07, 6.45) is 6.28. The average Bonchev–Trinajstić information content (AvgIpc) is 3.63. The molecule has 0 spiro atoms. The molecule has 1 saturated heterocycles. The number of hydrogen-bond donors (Lipinski definition) is 5. The Kier molecular flexibility index (Phi) is 16.3. The number of amides is 1. The SMILES string of the molecule is CC(CO)NCc1cc(Cl)c(OCc2cccc(-c3cccc(NCCCCN4CCCC4)c3C=N)c2Br)cc1OCC(=O)NCCN(C)C. The lowest BCUT2D eigenvalue weighted by atomic mass is 9.97. The molecule has 0 radical (unpaired) electrons. The van der Waals surface area contributed by atoms with Gasteiger partial charge in [0.15, 0.2) is 6.61 Å². The van der Waals surface area contributed by atoms with Gasteiger partial charge in [0.25, 0.3) is 5.91 Å². The van der Waals surface area contributed by atoms with E-state index in [-0.39, 0.29) is 31.8 Å². The fourth-order valence-electron chi connectivity index (χ4n) is 5.78. The third kappa shape index (κ3) is 12.0. The number of carbonyl (C=O) groups is 1. The number of likely N-dealkylation sites (tertiary alicyclic amines) is 1. The Hall–Kier alpha value is -3.19. The monoisotopic (exact) mass is 770 g/mol. The van der Waals surface area contributed by atoms with E-state index in [0.717, 1.165) is 70.5 Å². The number of likely N-dealkylation sites (N-methyl/N-ethyl adjacent to an activating group) is 1. The van der Waals surface area contributed by atoms with Crippen LogP contribution in [-0.4, -0.2) is 99.6 Å². The summed E-state index contributed by atoms with van der Waals surface area (Å²) in [5, 5.41) is 27.8. The number of carbonyl (C=O) groups excluding carboxylic acids is 1. The molecule has 4 rings (SSSR count). The van der Waals surface area contributed by atoms with Crippen molar-refractivity contribution in [2.24, 2.45) is 0 Å². The van der Waals surface area contributed by atoms with Crippen molar-refractivity contribution in [1.29, 1.82) is 5.41 Å². The Labute approximate surface area is 310 Å². The fourth-order valence-corrected chi connectivity index (χ4v) is 6.61. The minimum Gasteiger partial charge on any atom is -0.487 e. The Morgan fingerprint density at radius 2 is 1.82 bits per heavy atom. The molecule has 272 valence electrons. The third-order valence-electron chi connectivity index (χ3n) is 8.69. The van der Waals surface area contributed by atoms with Crippen molar-refractivity contribution in [2.75, 3.05) is 71.9 Å². The molecule has 1 aliphatic heterocycles. The molecule has 1 aliphatic rings. The lowest BCUT2D eigenvalue weighted by Crippen LogP contribution is -2.34. The second-order valence-electron chi connectivity index (χ2n) is 13.0. The lowest BCUT2D eigenvalue weighted by Gasteiger charge is -2.19. The highest BCUT2D eigenvalue weighted by atomic mass is 79.9. The predicted octanol–water partition coefficient (Wildman–Crippen LogP) is 6.16. The number of anilines is 1. The van der Waals surface area contributed by atoms with Gasteiger partial charge >= 0.3 is 0 Å². The Balaban J connectivity index is 1.46. The number of unbranched alkanes of at least 4 members (excludes halogenated alkanes) is 1. The maximum atomic E-state index is 12.5. The van der Waals surface area contributed by atoms with E-state index in [1.54, 1.807) is 12.1 Å². The molecule has 0 aromatic heterocycles. The van der Waals surface area contributed by atoms with Crippen LogP contribution in [0.5, 0.6) is 11.5 Å². The van der Waals surface area contributed by atoms with Gasteiger partial charge in [-0.15, -0.1) is 0 Å². The van der Waals surface area contributed by atoms with E-state index in [0.29, 0.717) is 29.6 Å². The summed E-state index contributed by atoms with van der Waals surface area (Å²) in [6, 6.07) is 15.4. The van der Waals surface area contributed by atoms with Crippen LogP contribution >= 0.6 is 27.5 Å². The molecule has 10 nitrogen and oxygen atoms in total. The molecule has 5 N–H and O–H groups in total. The number of halogens is 2. The van der Waals surface area contributed by atoms with Crippen LogP contribution in [0.3, 0.4) is 0 Å². The average molecular weight is 772 g/mol. The predicted molar refractivity (Wildman–Crippen MR) is 207 cm³/mol. The Bertz CT molecular complexity index is 1550. The summed E-state index contributed by atoms with van der Waals surface area (Å²) in [5.74, 6) is 0.657. The molecule has 1 heterocycles. The van der Waals surface area contributed by atoms with Crippen molar-refractivity contribution in [3.8, 4) is 22.6 Å². The van der Waals surface area contributed by atoms with Crippen LogP contribution in [0.4, 0.5) is 5.69 Å². The lowest BCUT2D eigenvalue weighted by molar-refractivity contribution is -0.123. The third-order valence-corrected chi connectivity index (χ3v) is 9.92. The molecule has 0 aliphatic carbocycles. The topological polar surface area (TPSA) is 122 Å². The van der Waals surface area contributed by atoms with E-state index in [1.807, 2.05) is 62.3 Å². The zero-order chi connectivity index (χ0) is 35.9. The zero-order valence-corrected chi connectivity index (χ0v) is 31.8. The first kappa shape index (κ1) is 39.6. The van der Waals surface area contributed by atoms with Gasteiger partial charge in [0.05, 0.1) is 11.6 Å². The molecular weight excluding hydrogens is 720 g/mol. The zero-order valence-electron chi connectivity index (χ0n) is 29.5. The summed E-state index contributed by atoms with van der Waals surface area (Å²) in [6.45, 7) is 7.99. The van der Waals surface area contributed by atoms with Gasteiger partial charge in [-0.05, 0) is 106 Å². The van der Waals surface area contributed by atoms with Gasteiger partial charge in [-0.2, -0.15) is 0 Å². The Morgan fingerprint density at radius 3 is 2.56 bits per heavy atom. The van der Waals surface area contributed by atoms with E-state index in [4.69, 9.17) is 26.5 Å². The molecule has 1 amide bonds. The van der Waals surface area contributed by atoms with E-state index >= 15 is 0 Å². The smallest absolute Gasteiger partial charge is 0.257 e. The van der Waals surface area contributed by atoms with Crippen LogP contribution < -0.4 is 25.4 Å². The minimum atomic E-state index is -0.228. The van der Waals surface area contributed by atoms with Gasteiger partial charge in [-0.1, -0.05) is 41.9 Å². The van der Waals surface area contributed by atoms with Gasteiger partial charge in [0, 0.05) is 71.4 Å². The molecule has 12 heteroatoms. The number of benzene rings is 3. The number of aliphatic hydroxyl groups excluding tert-OH is 1. The van der Waals surface area contributed by atoms with Crippen molar-refractivity contribution < 1.29 is 19.4 Å². The number of nitrogens with one attached hydrogen (secondary N) is 4. The van der Waals surface area contributed by atoms with Crippen molar-refractivity contribution >= 4 is 45.3 Å². The van der Waals surface area contributed by atoms with Crippen LogP contribution in [-0.2, 0) is 17.9 Å². The normalized spacial score (nSPS) is 13.7. The van der Waals surface area contributed by atoms with E-state index in [9.17, 15) is 9.90 Å². The van der Waals surface area contributed by atoms with Crippen molar-refractivity contribution in [3.05, 3.63) is 74.7 Å². The van der Waals surface area contributed by atoms with Crippen LogP contribution in [0, 0.1) is 5.41 Å². The highest BCUT2D eigenvalue weighted by Gasteiger charge is 2.17.